The van der Waals surface area contributed by atoms with E-state index in [2.05, 4.69) is 25.3 Å². The maximum Gasteiger partial charge on any atom is 0.152 e. The zero-order valence-corrected chi connectivity index (χ0v) is 9.53. The van der Waals surface area contributed by atoms with Crippen molar-refractivity contribution in [3.63, 3.8) is 0 Å². The highest BCUT2D eigenvalue weighted by molar-refractivity contribution is 7.81. The van der Waals surface area contributed by atoms with Crippen molar-refractivity contribution in [1.82, 2.24) is 0 Å². The molecule has 0 fully saturated rings. The Labute approximate surface area is 93.3 Å². The fourth-order valence-electron chi connectivity index (χ4n) is 0.999. The fraction of sp³-hybridized carbons (Fsp3) is 0.222. The van der Waals surface area contributed by atoms with Crippen LogP contribution in [0.3, 0.4) is 0 Å². The van der Waals surface area contributed by atoms with E-state index in [1.54, 1.807) is 18.2 Å². The minimum Gasteiger partial charge on any atom is -0.298 e. The Morgan fingerprint density at radius 1 is 1.31 bits per heavy atom. The maximum absolute atomic E-state index is 11.0. The number of hydrogen-bond acceptors (Lipinski definition) is 3. The monoisotopic (exact) mass is 232 g/mol. The molecule has 1 rings (SSSR count). The van der Waals surface area contributed by atoms with Crippen LogP contribution in [0, 0.1) is 0 Å². The van der Waals surface area contributed by atoms with Crippen LogP contribution in [0.5, 0.6) is 0 Å². The van der Waals surface area contributed by atoms with E-state index in [0.29, 0.717) is 0 Å². The SMILES string of the molecule is CC(=O)C(Cl)c1cc(S)cc(S)c1. The molecule has 0 amide bonds. The Hall–Kier alpha value is -0.120. The summed E-state index contributed by atoms with van der Waals surface area (Å²) in [4.78, 5) is 12.5. The number of carbonyl (C=O) groups is 1. The van der Waals surface area contributed by atoms with Crippen molar-refractivity contribution in [3.05, 3.63) is 23.8 Å². The molecule has 0 bridgehead atoms. The van der Waals surface area contributed by atoms with Crippen molar-refractivity contribution in [2.24, 2.45) is 0 Å². The molecular weight excluding hydrogens is 224 g/mol. The molecule has 0 radical (unpaired) electrons. The van der Waals surface area contributed by atoms with Gasteiger partial charge in [-0.2, -0.15) is 0 Å². The van der Waals surface area contributed by atoms with Gasteiger partial charge in [0.2, 0.25) is 0 Å². The van der Waals surface area contributed by atoms with Gasteiger partial charge in [0.25, 0.3) is 0 Å². The molecule has 0 aliphatic carbocycles. The zero-order valence-electron chi connectivity index (χ0n) is 6.99. The molecule has 1 aromatic carbocycles. The van der Waals surface area contributed by atoms with Crippen molar-refractivity contribution >= 4 is 42.6 Å². The lowest BCUT2D eigenvalue weighted by Crippen LogP contribution is -2.01. The summed E-state index contributed by atoms with van der Waals surface area (Å²) in [5.74, 6) is -0.0756. The van der Waals surface area contributed by atoms with Crippen LogP contribution in [-0.2, 0) is 4.79 Å². The molecule has 1 atom stereocenters. The van der Waals surface area contributed by atoms with Crippen LogP contribution in [0.4, 0.5) is 0 Å². The number of ketones is 1. The quantitative estimate of drug-likeness (QED) is 0.592. The lowest BCUT2D eigenvalue weighted by Gasteiger charge is -2.07. The molecule has 4 heteroatoms. The molecule has 70 valence electrons. The number of benzene rings is 1. The van der Waals surface area contributed by atoms with Gasteiger partial charge >= 0.3 is 0 Å². The van der Waals surface area contributed by atoms with Gasteiger partial charge in [0, 0.05) is 9.79 Å². The average molecular weight is 233 g/mol. The van der Waals surface area contributed by atoms with Gasteiger partial charge in [-0.05, 0) is 30.7 Å². The second-order valence-electron chi connectivity index (χ2n) is 2.76. The van der Waals surface area contributed by atoms with E-state index >= 15 is 0 Å². The Morgan fingerprint density at radius 3 is 2.15 bits per heavy atom. The zero-order chi connectivity index (χ0) is 10.0. The summed E-state index contributed by atoms with van der Waals surface area (Å²) in [7, 11) is 0. The van der Waals surface area contributed by atoms with Gasteiger partial charge in [-0.1, -0.05) is 0 Å². The molecule has 0 N–H and O–H groups in total. The Morgan fingerprint density at radius 2 is 1.77 bits per heavy atom. The third kappa shape index (κ3) is 2.93. The topological polar surface area (TPSA) is 17.1 Å². The van der Waals surface area contributed by atoms with Crippen LogP contribution >= 0.6 is 36.9 Å². The largest absolute Gasteiger partial charge is 0.298 e. The number of Topliss-reactive ketones (excluding diaryl/α,β-unsaturated/α-hetero) is 1. The summed E-state index contributed by atoms with van der Waals surface area (Å²) < 4.78 is 0. The second-order valence-corrected chi connectivity index (χ2v) is 4.23. The summed E-state index contributed by atoms with van der Waals surface area (Å²) in [5, 5.41) is -0.599. The molecule has 13 heavy (non-hydrogen) atoms. The highest BCUT2D eigenvalue weighted by atomic mass is 35.5. The van der Waals surface area contributed by atoms with Crippen LogP contribution in [0.2, 0.25) is 0 Å². The Kier molecular flexibility index (Phi) is 3.71. The summed E-state index contributed by atoms with van der Waals surface area (Å²) in [5.41, 5.74) is 0.742. The number of thiol groups is 2. The number of halogens is 1. The molecule has 0 aliphatic rings. The van der Waals surface area contributed by atoms with Crippen molar-refractivity contribution in [2.45, 2.75) is 22.1 Å². The lowest BCUT2D eigenvalue weighted by molar-refractivity contribution is -0.116. The van der Waals surface area contributed by atoms with E-state index in [9.17, 15) is 4.79 Å². The number of hydrogen-bond donors (Lipinski definition) is 2. The van der Waals surface area contributed by atoms with Gasteiger partial charge in [0.1, 0.15) is 5.38 Å². The summed E-state index contributed by atoms with van der Waals surface area (Å²) in [6, 6.07) is 5.32. The molecule has 0 aliphatic heterocycles. The van der Waals surface area contributed by atoms with Gasteiger partial charge in [-0.3, -0.25) is 4.79 Å². The number of carbonyl (C=O) groups excluding carboxylic acids is 1. The van der Waals surface area contributed by atoms with Gasteiger partial charge in [0.15, 0.2) is 5.78 Å². The molecule has 0 aromatic heterocycles. The van der Waals surface area contributed by atoms with E-state index in [-0.39, 0.29) is 5.78 Å². The first-order chi connectivity index (χ1) is 6.00. The van der Waals surface area contributed by atoms with Crippen LogP contribution in [-0.4, -0.2) is 5.78 Å². The number of alkyl halides is 1. The molecule has 0 saturated carbocycles. The molecule has 1 unspecified atom stereocenters. The second kappa shape index (κ2) is 4.40. The Balaban J connectivity index is 3.07. The van der Waals surface area contributed by atoms with E-state index < -0.39 is 5.38 Å². The molecule has 0 saturated heterocycles. The highest BCUT2D eigenvalue weighted by Crippen LogP contribution is 2.26. The number of rotatable bonds is 2. The first kappa shape index (κ1) is 11.0. The normalized spacial score (nSPS) is 12.6. The van der Waals surface area contributed by atoms with Crippen LogP contribution in [0.25, 0.3) is 0 Å². The molecule has 1 aromatic rings. The van der Waals surface area contributed by atoms with Crippen molar-refractivity contribution in [3.8, 4) is 0 Å². The first-order valence-electron chi connectivity index (χ1n) is 3.68. The van der Waals surface area contributed by atoms with Crippen molar-refractivity contribution in [2.75, 3.05) is 0 Å². The lowest BCUT2D eigenvalue weighted by atomic mass is 10.1. The van der Waals surface area contributed by atoms with E-state index in [4.69, 9.17) is 11.6 Å². The molecule has 1 nitrogen and oxygen atoms in total. The molecule has 0 spiro atoms. The smallest absolute Gasteiger partial charge is 0.152 e. The van der Waals surface area contributed by atoms with Gasteiger partial charge < -0.3 is 0 Å². The third-order valence-electron chi connectivity index (χ3n) is 1.57. The highest BCUT2D eigenvalue weighted by Gasteiger charge is 2.13. The minimum absolute atomic E-state index is 0.0756. The van der Waals surface area contributed by atoms with Crippen LogP contribution < -0.4 is 0 Å². The average Bonchev–Trinajstić information content (AvgIpc) is 2.01. The molecule has 0 heterocycles. The van der Waals surface area contributed by atoms with Gasteiger partial charge in [-0.15, -0.1) is 36.9 Å². The van der Waals surface area contributed by atoms with Crippen molar-refractivity contribution < 1.29 is 4.79 Å². The Bertz CT molecular complexity index is 318. The minimum atomic E-state index is -0.599. The van der Waals surface area contributed by atoms with Crippen LogP contribution in [0.15, 0.2) is 28.0 Å². The third-order valence-corrected chi connectivity index (χ3v) is 2.65. The summed E-state index contributed by atoms with van der Waals surface area (Å²) in [6.07, 6.45) is 0. The van der Waals surface area contributed by atoms with Gasteiger partial charge in [0.05, 0.1) is 0 Å². The molecular formula is C9H9ClOS2. The summed E-state index contributed by atoms with van der Waals surface area (Å²) >= 11 is 14.2. The predicted octanol–water partition coefficient (Wildman–Crippen LogP) is 3.13. The van der Waals surface area contributed by atoms with E-state index in [1.807, 2.05) is 0 Å². The summed E-state index contributed by atoms with van der Waals surface area (Å²) in [6.45, 7) is 1.46. The van der Waals surface area contributed by atoms with Gasteiger partial charge in [-0.25, -0.2) is 0 Å². The van der Waals surface area contributed by atoms with Crippen LogP contribution in [0.1, 0.15) is 17.9 Å². The maximum atomic E-state index is 11.0. The first-order valence-corrected chi connectivity index (χ1v) is 5.01. The van der Waals surface area contributed by atoms with E-state index in [1.165, 1.54) is 6.92 Å². The van der Waals surface area contributed by atoms with E-state index in [0.717, 1.165) is 15.4 Å². The predicted molar refractivity (Wildman–Crippen MR) is 60.2 cm³/mol. The standard InChI is InChI=1S/C9H9ClOS2/c1-5(11)9(10)6-2-7(12)4-8(13)3-6/h2-4,9,12-13H,1H3. The van der Waals surface area contributed by atoms with Crippen molar-refractivity contribution in [1.29, 1.82) is 0 Å². The fourth-order valence-corrected chi connectivity index (χ4v) is 1.80.